The van der Waals surface area contributed by atoms with Crippen LogP contribution >= 0.6 is 11.3 Å². The largest absolute Gasteiger partial charge is 0.466 e. The highest BCUT2D eigenvalue weighted by molar-refractivity contribution is 7.14. The first kappa shape index (κ1) is 27.6. The van der Waals surface area contributed by atoms with Gasteiger partial charge in [-0.3, -0.25) is 24.0 Å². The number of nitrogens with one attached hydrogen (secondary N) is 2. The van der Waals surface area contributed by atoms with E-state index in [9.17, 15) is 27.6 Å². The van der Waals surface area contributed by atoms with Crippen LogP contribution in [0.15, 0.2) is 36.8 Å². The smallest absolute Gasteiger partial charge is 0.417 e. The number of aromatic nitrogens is 3. The fourth-order valence-corrected chi connectivity index (χ4v) is 5.81. The molecule has 1 aliphatic carbocycles. The van der Waals surface area contributed by atoms with Gasteiger partial charge in [-0.2, -0.15) is 18.3 Å². The Kier molecular flexibility index (Phi) is 7.79. The Labute approximate surface area is 231 Å². The lowest BCUT2D eigenvalue weighted by Gasteiger charge is -2.28. The number of hydrogen-bond donors (Lipinski definition) is 2. The van der Waals surface area contributed by atoms with Crippen LogP contribution in [0.1, 0.15) is 52.2 Å². The van der Waals surface area contributed by atoms with E-state index in [0.29, 0.717) is 34.0 Å². The molecule has 3 amide bonds. The van der Waals surface area contributed by atoms with Crippen molar-refractivity contribution in [3.63, 3.8) is 0 Å². The zero-order valence-electron chi connectivity index (χ0n) is 21.5. The molecule has 0 spiro atoms. The monoisotopic (exact) mass is 576 g/mol. The second-order valence-corrected chi connectivity index (χ2v) is 11.1. The topological polar surface area (TPSA) is 118 Å². The average Bonchev–Trinajstić information content (AvgIpc) is 3.67. The number of carbonyl (C=O) groups is 3. The van der Waals surface area contributed by atoms with Gasteiger partial charge in [0.2, 0.25) is 11.8 Å². The minimum atomic E-state index is -4.64. The molecule has 2 aliphatic rings. The number of alkyl halides is 3. The predicted molar refractivity (Wildman–Crippen MR) is 140 cm³/mol. The summed E-state index contributed by atoms with van der Waals surface area (Å²) in [5.41, 5.74) is -0.567. The number of pyridine rings is 1. The molecule has 0 unspecified atom stereocenters. The van der Waals surface area contributed by atoms with Crippen molar-refractivity contribution in [2.24, 2.45) is 13.0 Å². The summed E-state index contributed by atoms with van der Waals surface area (Å²) in [6.07, 6.45) is 3.88. The Hall–Kier alpha value is -3.94. The molecule has 0 bridgehead atoms. The summed E-state index contributed by atoms with van der Waals surface area (Å²) in [6, 6.07) is 3.26. The third kappa shape index (κ3) is 6.27. The summed E-state index contributed by atoms with van der Waals surface area (Å²) in [4.78, 5) is 44.6. The van der Waals surface area contributed by atoms with Crippen LogP contribution in [0.4, 0.5) is 24.5 Å². The molecule has 1 aliphatic heterocycles. The van der Waals surface area contributed by atoms with Crippen molar-refractivity contribution in [3.8, 4) is 5.88 Å². The van der Waals surface area contributed by atoms with Crippen molar-refractivity contribution in [3.05, 3.63) is 52.1 Å². The van der Waals surface area contributed by atoms with Crippen LogP contribution in [0.2, 0.25) is 0 Å². The van der Waals surface area contributed by atoms with Crippen LogP contribution in [0.5, 0.6) is 5.88 Å². The standard InChI is InChI=1S/C26H27F3N6O4S/c1-34-12-17(11-31-34)32-23(37)19(8-15-4-2-3-5-15)33-24(38)21-7-6-18(40-21)13-35-20-9-16(26(27,28)29)10-30-25(20)39-14-22(35)36/h6-7,9-12,15,19H,2-5,8,13-14H2,1H3,(H,32,37)(H,33,38)/t19-/m0/s1. The molecule has 0 radical (unpaired) electrons. The van der Waals surface area contributed by atoms with E-state index < -0.39 is 29.6 Å². The average molecular weight is 577 g/mol. The Balaban J connectivity index is 1.30. The van der Waals surface area contributed by atoms with Crippen LogP contribution in [0, 0.1) is 5.92 Å². The number of rotatable bonds is 8. The molecule has 40 heavy (non-hydrogen) atoms. The van der Waals surface area contributed by atoms with Gasteiger partial charge in [-0.05, 0) is 30.5 Å². The number of thiophene rings is 1. The minimum Gasteiger partial charge on any atom is -0.466 e. The molecule has 2 N–H and O–H groups in total. The molecular weight excluding hydrogens is 549 g/mol. The van der Waals surface area contributed by atoms with Crippen molar-refractivity contribution < 1.29 is 32.3 Å². The molecule has 1 saturated carbocycles. The van der Waals surface area contributed by atoms with Gasteiger partial charge >= 0.3 is 6.18 Å². The highest BCUT2D eigenvalue weighted by Gasteiger charge is 2.35. The molecule has 3 aromatic rings. The lowest BCUT2D eigenvalue weighted by molar-refractivity contribution is -0.138. The molecule has 4 heterocycles. The summed E-state index contributed by atoms with van der Waals surface area (Å²) in [5.74, 6) is -1.07. The van der Waals surface area contributed by atoms with E-state index in [-0.39, 0.29) is 30.6 Å². The van der Waals surface area contributed by atoms with Gasteiger partial charge in [0, 0.05) is 24.3 Å². The first-order valence-electron chi connectivity index (χ1n) is 12.8. The first-order valence-corrected chi connectivity index (χ1v) is 13.6. The van der Waals surface area contributed by atoms with Gasteiger partial charge in [0.25, 0.3) is 11.8 Å². The van der Waals surface area contributed by atoms with Crippen molar-refractivity contribution >= 4 is 40.4 Å². The summed E-state index contributed by atoms with van der Waals surface area (Å²) >= 11 is 1.09. The zero-order chi connectivity index (χ0) is 28.4. The quantitative estimate of drug-likeness (QED) is 0.416. The van der Waals surface area contributed by atoms with E-state index in [0.717, 1.165) is 43.1 Å². The number of fused-ring (bicyclic) bond motifs is 1. The Morgan fingerprint density at radius 1 is 1.23 bits per heavy atom. The van der Waals surface area contributed by atoms with E-state index >= 15 is 0 Å². The summed E-state index contributed by atoms with van der Waals surface area (Å²) < 4.78 is 46.5. The number of nitrogens with zero attached hydrogens (tertiary/aromatic N) is 4. The first-order chi connectivity index (χ1) is 19.1. The second kappa shape index (κ2) is 11.3. The number of aryl methyl sites for hydroxylation is 1. The highest BCUT2D eigenvalue weighted by atomic mass is 32.1. The number of anilines is 2. The van der Waals surface area contributed by atoms with Crippen molar-refractivity contribution in [2.45, 2.75) is 50.9 Å². The number of ether oxygens (including phenoxy) is 1. The fraction of sp³-hybridized carbons (Fsp3) is 0.423. The van der Waals surface area contributed by atoms with Gasteiger partial charge in [-0.15, -0.1) is 11.3 Å². The summed E-state index contributed by atoms with van der Waals surface area (Å²) in [6.45, 7) is -0.428. The summed E-state index contributed by atoms with van der Waals surface area (Å²) in [5, 5.41) is 9.70. The molecule has 3 aromatic heterocycles. The van der Waals surface area contributed by atoms with E-state index in [1.54, 1.807) is 30.1 Å². The highest BCUT2D eigenvalue weighted by Crippen LogP contribution is 2.38. The van der Waals surface area contributed by atoms with Gasteiger partial charge in [-0.25, -0.2) is 4.98 Å². The molecule has 212 valence electrons. The van der Waals surface area contributed by atoms with Crippen molar-refractivity contribution in [1.29, 1.82) is 0 Å². The zero-order valence-corrected chi connectivity index (χ0v) is 22.3. The van der Waals surface area contributed by atoms with Crippen LogP contribution in [-0.2, 0) is 29.4 Å². The summed E-state index contributed by atoms with van der Waals surface area (Å²) in [7, 11) is 1.73. The molecule has 1 fully saturated rings. The predicted octanol–water partition coefficient (Wildman–Crippen LogP) is 4.14. The van der Waals surface area contributed by atoms with E-state index in [4.69, 9.17) is 4.74 Å². The normalized spacial score (nSPS) is 16.4. The molecule has 0 saturated heterocycles. The molecule has 1 atom stereocenters. The lowest BCUT2D eigenvalue weighted by Crippen LogP contribution is -2.44. The number of amides is 3. The van der Waals surface area contributed by atoms with Crippen LogP contribution < -0.4 is 20.3 Å². The number of carbonyl (C=O) groups excluding carboxylic acids is 3. The van der Waals surface area contributed by atoms with Crippen LogP contribution in [0.25, 0.3) is 0 Å². The Morgan fingerprint density at radius 3 is 2.70 bits per heavy atom. The van der Waals surface area contributed by atoms with Crippen LogP contribution in [0.3, 0.4) is 0 Å². The van der Waals surface area contributed by atoms with Gasteiger partial charge in [0.1, 0.15) is 11.7 Å². The molecule has 0 aromatic carbocycles. The molecule has 10 nitrogen and oxygen atoms in total. The number of hydrogen-bond acceptors (Lipinski definition) is 7. The molecular formula is C26H27F3N6O4S. The third-order valence-corrected chi connectivity index (χ3v) is 7.99. The number of halogens is 3. The minimum absolute atomic E-state index is 0.0663. The maximum atomic E-state index is 13.3. The maximum absolute atomic E-state index is 13.3. The Morgan fingerprint density at radius 2 is 2.00 bits per heavy atom. The molecule has 5 rings (SSSR count). The Bertz CT molecular complexity index is 1420. The molecule has 14 heteroatoms. The third-order valence-electron chi connectivity index (χ3n) is 6.92. The van der Waals surface area contributed by atoms with E-state index in [1.165, 1.54) is 11.1 Å². The van der Waals surface area contributed by atoms with Crippen molar-refractivity contribution in [2.75, 3.05) is 16.8 Å². The van der Waals surface area contributed by atoms with Gasteiger partial charge < -0.3 is 15.4 Å². The van der Waals surface area contributed by atoms with Gasteiger partial charge in [0.05, 0.1) is 28.9 Å². The van der Waals surface area contributed by atoms with E-state index in [2.05, 4.69) is 20.7 Å². The SMILES string of the molecule is Cn1cc(NC(=O)[C@H](CC2CCCC2)NC(=O)c2ccc(CN3C(=O)COc4ncc(C(F)(F)F)cc43)s2)cn1. The van der Waals surface area contributed by atoms with Crippen LogP contribution in [-0.4, -0.2) is 45.1 Å². The van der Waals surface area contributed by atoms with Gasteiger partial charge in [-0.1, -0.05) is 25.7 Å². The second-order valence-electron chi connectivity index (χ2n) is 9.88. The van der Waals surface area contributed by atoms with E-state index in [1.807, 2.05) is 0 Å². The van der Waals surface area contributed by atoms with Crippen molar-refractivity contribution in [1.82, 2.24) is 20.1 Å². The lowest BCUT2D eigenvalue weighted by atomic mass is 9.97. The van der Waals surface area contributed by atoms with Gasteiger partial charge in [0.15, 0.2) is 6.61 Å². The fourth-order valence-electron chi connectivity index (χ4n) is 4.91. The maximum Gasteiger partial charge on any atom is 0.417 e.